The lowest BCUT2D eigenvalue weighted by Gasteiger charge is -2.17. The summed E-state index contributed by atoms with van der Waals surface area (Å²) in [6.07, 6.45) is 0.0202. The van der Waals surface area contributed by atoms with Crippen LogP contribution in [0.2, 0.25) is 0 Å². The van der Waals surface area contributed by atoms with E-state index in [1.165, 1.54) is 17.0 Å². The summed E-state index contributed by atoms with van der Waals surface area (Å²) in [6, 6.07) is 3.67. The summed E-state index contributed by atoms with van der Waals surface area (Å²) >= 11 is 0. The number of hydrogen-bond donors (Lipinski definition) is 0. The molecule has 1 amide bonds. The molecule has 0 N–H and O–H groups in total. The Morgan fingerprint density at radius 2 is 2.18 bits per heavy atom. The first kappa shape index (κ1) is 16.7. The highest BCUT2D eigenvalue weighted by Gasteiger charge is 2.33. The predicted molar refractivity (Wildman–Crippen MR) is 77.8 cm³/mol. The Hall–Kier alpha value is -1.67. The van der Waals surface area contributed by atoms with Crippen molar-refractivity contribution in [1.29, 1.82) is 0 Å². The normalized spacial score (nSPS) is 18.6. The predicted octanol–water partition coefficient (Wildman–Crippen LogP) is 1.53. The van der Waals surface area contributed by atoms with Gasteiger partial charge in [-0.2, -0.15) is 0 Å². The number of anilines is 1. The van der Waals surface area contributed by atoms with Gasteiger partial charge in [-0.1, -0.05) is 0 Å². The van der Waals surface area contributed by atoms with Crippen LogP contribution < -0.4 is 4.90 Å². The minimum atomic E-state index is -3.71. The Morgan fingerprint density at radius 3 is 2.73 bits per heavy atom. The highest BCUT2D eigenvalue weighted by molar-refractivity contribution is 8.13. The number of nitrogens with zero attached hydrogens (tertiary/aromatic N) is 1. The third kappa shape index (κ3) is 3.75. The number of benzene rings is 1. The molecule has 22 heavy (non-hydrogen) atoms. The average Bonchev–Trinajstić information content (AvgIpc) is 2.76. The minimum Gasteiger partial charge on any atom is -0.465 e. The molecule has 0 saturated carbocycles. The Morgan fingerprint density at radius 1 is 1.50 bits per heavy atom. The van der Waals surface area contributed by atoms with Gasteiger partial charge in [0.15, 0.2) is 0 Å². The van der Waals surface area contributed by atoms with Gasteiger partial charge in [-0.15, -0.1) is 0 Å². The fraction of sp³-hybridized carbons (Fsp3) is 0.385. The molecule has 0 aliphatic carbocycles. The number of rotatable bonds is 4. The van der Waals surface area contributed by atoms with Crippen molar-refractivity contribution in [1.82, 2.24) is 0 Å². The number of methoxy groups -OCH3 is 1. The number of esters is 1. The van der Waals surface area contributed by atoms with Crippen molar-refractivity contribution in [3.63, 3.8) is 0 Å². The third-order valence-electron chi connectivity index (χ3n) is 3.31. The zero-order valence-electron chi connectivity index (χ0n) is 11.6. The first-order chi connectivity index (χ1) is 10.2. The van der Waals surface area contributed by atoms with Crippen LogP contribution in [0, 0.1) is 11.7 Å². The van der Waals surface area contributed by atoms with E-state index in [-0.39, 0.29) is 35.9 Å². The molecule has 0 spiro atoms. The van der Waals surface area contributed by atoms with Gasteiger partial charge in [0, 0.05) is 35.3 Å². The average molecular weight is 350 g/mol. The summed E-state index contributed by atoms with van der Waals surface area (Å²) in [7, 11) is 2.61. The molecule has 1 unspecified atom stereocenters. The number of hydrogen-bond acceptors (Lipinski definition) is 5. The Kier molecular flexibility index (Phi) is 4.72. The van der Waals surface area contributed by atoms with Crippen LogP contribution in [0.5, 0.6) is 0 Å². The van der Waals surface area contributed by atoms with Gasteiger partial charge < -0.3 is 9.64 Å². The maximum Gasteiger partial charge on any atom is 0.340 e. The summed E-state index contributed by atoms with van der Waals surface area (Å²) in [6.45, 7) is 0.127. The lowest BCUT2D eigenvalue weighted by Crippen LogP contribution is -2.25. The summed E-state index contributed by atoms with van der Waals surface area (Å²) in [5.41, 5.74) is 0.0161. The third-order valence-corrected chi connectivity index (χ3v) is 4.56. The molecule has 1 atom stereocenters. The fourth-order valence-corrected chi connectivity index (χ4v) is 3.69. The summed E-state index contributed by atoms with van der Waals surface area (Å²) in [4.78, 5) is 24.5. The molecule has 0 bridgehead atoms. The van der Waals surface area contributed by atoms with Gasteiger partial charge in [-0.05, 0) is 18.2 Å². The van der Waals surface area contributed by atoms with E-state index in [0.717, 1.165) is 13.2 Å². The number of amides is 1. The Balaban J connectivity index is 2.20. The van der Waals surface area contributed by atoms with E-state index in [2.05, 4.69) is 4.74 Å². The van der Waals surface area contributed by atoms with Gasteiger partial charge in [0.2, 0.25) is 15.0 Å². The monoisotopic (exact) mass is 349 g/mol. The second kappa shape index (κ2) is 6.21. The standard InChI is InChI=1S/C13H13ClFNO5S/c1-21-13(18)10-3-2-9(5-11(10)15)16-6-8(4-12(16)17)7-22(14,19)20/h2-3,5,8H,4,6-7H2,1H3. The molecule has 1 heterocycles. The van der Waals surface area contributed by atoms with Crippen LogP contribution in [0.15, 0.2) is 18.2 Å². The topological polar surface area (TPSA) is 80.8 Å². The fourth-order valence-electron chi connectivity index (χ4n) is 2.37. The van der Waals surface area contributed by atoms with Gasteiger partial charge in [0.05, 0.1) is 18.4 Å². The van der Waals surface area contributed by atoms with Gasteiger partial charge in [-0.3, -0.25) is 4.79 Å². The molecule has 2 rings (SSSR count). The second-order valence-electron chi connectivity index (χ2n) is 4.94. The molecule has 0 aromatic heterocycles. The van der Waals surface area contributed by atoms with Gasteiger partial charge in [0.1, 0.15) is 5.82 Å². The number of ether oxygens (including phenoxy) is 1. The van der Waals surface area contributed by atoms with Crippen LogP contribution >= 0.6 is 10.7 Å². The Labute approximate surface area is 131 Å². The largest absolute Gasteiger partial charge is 0.465 e. The van der Waals surface area contributed by atoms with Crippen molar-refractivity contribution in [2.45, 2.75) is 6.42 Å². The van der Waals surface area contributed by atoms with Crippen molar-refractivity contribution in [2.24, 2.45) is 5.92 Å². The van der Waals surface area contributed by atoms with Gasteiger partial charge in [-0.25, -0.2) is 17.6 Å². The maximum atomic E-state index is 13.9. The van der Waals surface area contributed by atoms with Crippen molar-refractivity contribution >= 4 is 37.3 Å². The van der Waals surface area contributed by atoms with Crippen molar-refractivity contribution < 1.29 is 27.1 Å². The lowest BCUT2D eigenvalue weighted by atomic mass is 10.1. The van der Waals surface area contributed by atoms with E-state index in [0.29, 0.717) is 0 Å². The molecule has 0 radical (unpaired) electrons. The first-order valence-electron chi connectivity index (χ1n) is 6.32. The van der Waals surface area contributed by atoms with Crippen LogP contribution in [0.1, 0.15) is 16.8 Å². The quantitative estimate of drug-likeness (QED) is 0.608. The molecule has 1 fully saturated rings. The van der Waals surface area contributed by atoms with Crippen LogP contribution in [0.25, 0.3) is 0 Å². The number of carbonyl (C=O) groups excluding carboxylic acids is 2. The van der Waals surface area contributed by atoms with Crippen molar-refractivity contribution in [3.8, 4) is 0 Å². The summed E-state index contributed by atoms with van der Waals surface area (Å²) < 4.78 is 40.5. The summed E-state index contributed by atoms with van der Waals surface area (Å²) in [5.74, 6) is -2.72. The van der Waals surface area contributed by atoms with Crippen LogP contribution in [0.4, 0.5) is 10.1 Å². The smallest absolute Gasteiger partial charge is 0.340 e. The van der Waals surface area contributed by atoms with Crippen molar-refractivity contribution in [2.75, 3.05) is 24.3 Å². The summed E-state index contributed by atoms with van der Waals surface area (Å²) in [5, 5.41) is 0. The second-order valence-corrected chi connectivity index (χ2v) is 7.76. The van der Waals surface area contributed by atoms with Gasteiger partial charge >= 0.3 is 5.97 Å². The van der Waals surface area contributed by atoms with E-state index in [1.807, 2.05) is 0 Å². The molecule has 1 saturated heterocycles. The van der Waals surface area contributed by atoms with E-state index in [1.54, 1.807) is 0 Å². The molecular formula is C13H13ClFNO5S. The molecule has 9 heteroatoms. The van der Waals surface area contributed by atoms with E-state index < -0.39 is 26.8 Å². The SMILES string of the molecule is COC(=O)c1ccc(N2CC(CS(=O)(=O)Cl)CC2=O)cc1F. The molecule has 120 valence electrons. The van der Waals surface area contributed by atoms with E-state index in [9.17, 15) is 22.4 Å². The Bertz CT molecular complexity index is 721. The zero-order valence-corrected chi connectivity index (χ0v) is 13.2. The van der Waals surface area contributed by atoms with E-state index >= 15 is 0 Å². The minimum absolute atomic E-state index is 0.0202. The molecule has 1 aliphatic rings. The molecule has 1 aromatic carbocycles. The van der Waals surface area contributed by atoms with Crippen LogP contribution in [-0.2, 0) is 18.6 Å². The molecule has 1 aromatic rings. The molecule has 1 aliphatic heterocycles. The zero-order chi connectivity index (χ0) is 16.5. The first-order valence-corrected chi connectivity index (χ1v) is 8.79. The van der Waals surface area contributed by atoms with Crippen molar-refractivity contribution in [3.05, 3.63) is 29.6 Å². The van der Waals surface area contributed by atoms with Crippen LogP contribution in [-0.4, -0.2) is 39.7 Å². The molecule has 6 nitrogen and oxygen atoms in total. The van der Waals surface area contributed by atoms with Gasteiger partial charge in [0.25, 0.3) is 0 Å². The van der Waals surface area contributed by atoms with E-state index in [4.69, 9.17) is 10.7 Å². The number of halogens is 2. The maximum absolute atomic E-state index is 13.9. The highest BCUT2D eigenvalue weighted by atomic mass is 35.7. The van der Waals surface area contributed by atoms with Crippen LogP contribution in [0.3, 0.4) is 0 Å². The lowest BCUT2D eigenvalue weighted by molar-refractivity contribution is -0.117. The molecular weight excluding hydrogens is 337 g/mol. The highest BCUT2D eigenvalue weighted by Crippen LogP contribution is 2.28. The number of carbonyl (C=O) groups is 2.